The van der Waals surface area contributed by atoms with E-state index in [1.165, 1.54) is 11.1 Å². The number of benzene rings is 2. The van der Waals surface area contributed by atoms with Gasteiger partial charge in [-0.25, -0.2) is 0 Å². The van der Waals surface area contributed by atoms with Gasteiger partial charge < -0.3 is 10.5 Å². The van der Waals surface area contributed by atoms with Crippen molar-refractivity contribution in [3.05, 3.63) is 65.7 Å². The van der Waals surface area contributed by atoms with E-state index in [4.69, 9.17) is 10.5 Å². The monoisotopic (exact) mass is 294 g/mol. The van der Waals surface area contributed by atoms with Crippen LogP contribution in [0.5, 0.6) is 5.75 Å². The Bertz CT molecular complexity index is 676. The lowest BCUT2D eigenvalue weighted by Crippen LogP contribution is -2.28. The van der Waals surface area contributed by atoms with Crippen molar-refractivity contribution in [2.75, 3.05) is 26.4 Å². The third-order valence-corrected chi connectivity index (χ3v) is 4.33. The van der Waals surface area contributed by atoms with E-state index in [9.17, 15) is 0 Å². The Morgan fingerprint density at radius 1 is 1.09 bits per heavy atom. The second-order valence-electron chi connectivity index (χ2n) is 5.73. The first-order valence-electron chi connectivity index (χ1n) is 7.59. The molecule has 1 aliphatic heterocycles. The van der Waals surface area contributed by atoms with Gasteiger partial charge in [0.25, 0.3) is 0 Å². The first kappa shape index (κ1) is 14.7. The van der Waals surface area contributed by atoms with E-state index in [-0.39, 0.29) is 6.04 Å². The average molecular weight is 294 g/mol. The number of methoxy groups -OCH3 is 1. The summed E-state index contributed by atoms with van der Waals surface area (Å²) in [5, 5.41) is 0. The first-order valence-corrected chi connectivity index (χ1v) is 7.59. The van der Waals surface area contributed by atoms with Crippen LogP contribution in [0.3, 0.4) is 0 Å². The molecule has 2 aromatic carbocycles. The molecule has 1 atom stereocenters. The zero-order valence-corrected chi connectivity index (χ0v) is 13.1. The van der Waals surface area contributed by atoms with Crippen LogP contribution in [0.25, 0.3) is 5.57 Å². The quantitative estimate of drug-likeness (QED) is 0.876. The minimum atomic E-state index is 0.272. The van der Waals surface area contributed by atoms with Crippen LogP contribution in [-0.2, 0) is 0 Å². The van der Waals surface area contributed by atoms with Gasteiger partial charge in [0.1, 0.15) is 5.75 Å². The molecule has 1 heterocycles. The number of hydrogen-bond acceptors (Lipinski definition) is 3. The number of nitrogens with two attached hydrogens (primary N) is 1. The molecule has 2 aromatic rings. The zero-order valence-electron chi connectivity index (χ0n) is 13.1. The van der Waals surface area contributed by atoms with Gasteiger partial charge in [0.05, 0.1) is 13.2 Å². The molecule has 3 rings (SSSR count). The van der Waals surface area contributed by atoms with Gasteiger partial charge in [-0.2, -0.15) is 0 Å². The van der Waals surface area contributed by atoms with Crippen LogP contribution in [-0.4, -0.2) is 25.6 Å². The van der Waals surface area contributed by atoms with Crippen LogP contribution in [0.4, 0.5) is 5.69 Å². The summed E-state index contributed by atoms with van der Waals surface area (Å²) in [6, 6.07) is 16.7. The third kappa shape index (κ3) is 2.85. The molecule has 0 amide bonds. The molecule has 114 valence electrons. The number of hydrogen-bond donors (Lipinski definition) is 1. The van der Waals surface area contributed by atoms with Crippen LogP contribution in [0.2, 0.25) is 0 Å². The van der Waals surface area contributed by atoms with E-state index < -0.39 is 0 Å². The van der Waals surface area contributed by atoms with Crippen LogP contribution in [0.1, 0.15) is 23.6 Å². The predicted molar refractivity (Wildman–Crippen MR) is 91.8 cm³/mol. The fourth-order valence-electron chi connectivity index (χ4n) is 3.00. The van der Waals surface area contributed by atoms with Crippen LogP contribution in [0.15, 0.2) is 54.6 Å². The highest BCUT2D eigenvalue weighted by atomic mass is 16.5. The van der Waals surface area contributed by atoms with Crippen LogP contribution in [0, 0.1) is 0 Å². The molecule has 0 spiro atoms. The van der Waals surface area contributed by atoms with Crippen molar-refractivity contribution < 1.29 is 4.74 Å². The molecular formula is C19H22N2O. The fourth-order valence-corrected chi connectivity index (χ4v) is 3.00. The van der Waals surface area contributed by atoms with Crippen molar-refractivity contribution >= 4 is 11.3 Å². The highest BCUT2D eigenvalue weighted by Crippen LogP contribution is 2.34. The number of rotatable bonds is 3. The molecule has 0 radical (unpaired) electrons. The number of anilines is 1. The summed E-state index contributed by atoms with van der Waals surface area (Å²) in [5.74, 6) is 0.888. The van der Waals surface area contributed by atoms with E-state index in [0.717, 1.165) is 30.0 Å². The summed E-state index contributed by atoms with van der Waals surface area (Å²) in [7, 11) is 3.86. The smallest absolute Gasteiger partial charge is 0.118 e. The highest BCUT2D eigenvalue weighted by molar-refractivity contribution is 5.76. The van der Waals surface area contributed by atoms with Gasteiger partial charge >= 0.3 is 0 Å². The Hall–Kier alpha value is -2.26. The molecule has 3 heteroatoms. The molecule has 0 fully saturated rings. The molecule has 1 aliphatic rings. The Kier molecular flexibility index (Phi) is 4.16. The summed E-state index contributed by atoms with van der Waals surface area (Å²) in [6.07, 6.45) is 3.36. The molecule has 0 bridgehead atoms. The normalized spacial score (nSPS) is 18.8. The van der Waals surface area contributed by atoms with Crippen molar-refractivity contribution in [3.8, 4) is 5.75 Å². The van der Waals surface area contributed by atoms with Crippen molar-refractivity contribution in [1.29, 1.82) is 0 Å². The van der Waals surface area contributed by atoms with Gasteiger partial charge in [-0.1, -0.05) is 36.4 Å². The van der Waals surface area contributed by atoms with Crippen LogP contribution >= 0.6 is 0 Å². The molecule has 22 heavy (non-hydrogen) atoms. The van der Waals surface area contributed by atoms with Gasteiger partial charge in [0.2, 0.25) is 0 Å². The maximum Gasteiger partial charge on any atom is 0.118 e. The number of nitrogen functional groups attached to an aromatic ring is 1. The van der Waals surface area contributed by atoms with Crippen LogP contribution < -0.4 is 10.5 Å². The SMILES string of the molecule is COc1ccc(C2C=C(c3ccccc3N)CCN2C)cc1. The molecule has 0 saturated heterocycles. The summed E-state index contributed by atoms with van der Waals surface area (Å²) in [6.45, 7) is 1.02. The van der Waals surface area contributed by atoms with Crippen molar-refractivity contribution in [2.24, 2.45) is 0 Å². The number of nitrogens with zero attached hydrogens (tertiary/aromatic N) is 1. The Labute approximate surface area is 132 Å². The van der Waals surface area contributed by atoms with E-state index in [1.807, 2.05) is 30.3 Å². The van der Waals surface area contributed by atoms with Gasteiger partial charge in [-0.15, -0.1) is 0 Å². The van der Waals surface area contributed by atoms with Gasteiger partial charge in [0.15, 0.2) is 0 Å². The molecule has 0 aromatic heterocycles. The zero-order chi connectivity index (χ0) is 15.5. The van der Waals surface area contributed by atoms with Crippen molar-refractivity contribution in [3.63, 3.8) is 0 Å². The van der Waals surface area contributed by atoms with E-state index in [0.29, 0.717) is 0 Å². The minimum Gasteiger partial charge on any atom is -0.497 e. The lowest BCUT2D eigenvalue weighted by Gasteiger charge is -2.32. The molecule has 0 aliphatic carbocycles. The van der Waals surface area contributed by atoms with E-state index in [2.05, 4.69) is 36.2 Å². The molecule has 0 saturated carbocycles. The van der Waals surface area contributed by atoms with Crippen molar-refractivity contribution in [2.45, 2.75) is 12.5 Å². The molecule has 3 nitrogen and oxygen atoms in total. The lowest BCUT2D eigenvalue weighted by atomic mass is 9.92. The molecular weight excluding hydrogens is 272 g/mol. The maximum atomic E-state index is 6.14. The van der Waals surface area contributed by atoms with Gasteiger partial charge in [-0.05, 0) is 42.8 Å². The van der Waals surface area contributed by atoms with Gasteiger partial charge in [-0.3, -0.25) is 4.90 Å². The summed E-state index contributed by atoms with van der Waals surface area (Å²) < 4.78 is 5.24. The average Bonchev–Trinajstić information content (AvgIpc) is 2.56. The predicted octanol–water partition coefficient (Wildman–Crippen LogP) is 3.74. The summed E-state index contributed by atoms with van der Waals surface area (Å²) >= 11 is 0. The van der Waals surface area contributed by atoms with E-state index in [1.54, 1.807) is 7.11 Å². The maximum absolute atomic E-state index is 6.14. The first-order chi connectivity index (χ1) is 10.7. The standard InChI is InChI=1S/C19H22N2O/c1-21-12-11-15(17-5-3-4-6-18(17)20)13-19(21)14-7-9-16(22-2)10-8-14/h3-10,13,19H,11-12,20H2,1-2H3. The molecule has 2 N–H and O–H groups in total. The summed E-state index contributed by atoms with van der Waals surface area (Å²) in [5.41, 5.74) is 10.8. The van der Waals surface area contributed by atoms with Crippen molar-refractivity contribution in [1.82, 2.24) is 4.90 Å². The number of para-hydroxylation sites is 1. The number of ether oxygens (including phenoxy) is 1. The second kappa shape index (κ2) is 6.24. The second-order valence-corrected chi connectivity index (χ2v) is 5.73. The fraction of sp³-hybridized carbons (Fsp3) is 0.263. The Morgan fingerprint density at radius 2 is 1.82 bits per heavy atom. The Balaban J connectivity index is 1.95. The summed E-state index contributed by atoms with van der Waals surface area (Å²) in [4.78, 5) is 2.37. The minimum absolute atomic E-state index is 0.272. The topological polar surface area (TPSA) is 38.5 Å². The van der Waals surface area contributed by atoms with Gasteiger partial charge in [0, 0.05) is 17.8 Å². The molecule has 1 unspecified atom stereocenters. The highest BCUT2D eigenvalue weighted by Gasteiger charge is 2.21. The largest absolute Gasteiger partial charge is 0.497 e. The van der Waals surface area contributed by atoms with E-state index >= 15 is 0 Å². The Morgan fingerprint density at radius 3 is 2.50 bits per heavy atom. The third-order valence-electron chi connectivity index (χ3n) is 4.33. The lowest BCUT2D eigenvalue weighted by molar-refractivity contribution is 0.283. The number of likely N-dealkylation sites (N-methyl/N-ethyl adjacent to an activating group) is 1.